The summed E-state index contributed by atoms with van der Waals surface area (Å²) in [6.07, 6.45) is -5.58. The summed E-state index contributed by atoms with van der Waals surface area (Å²) in [5.41, 5.74) is 7.20. The highest BCUT2D eigenvalue weighted by molar-refractivity contribution is 6.06. The van der Waals surface area contributed by atoms with Crippen molar-refractivity contribution < 1.29 is 43.5 Å². The number of ether oxygens (including phenoxy) is 2. The van der Waals surface area contributed by atoms with Crippen LogP contribution in [-0.2, 0) is 9.47 Å². The Morgan fingerprint density at radius 2 is 1.33 bits per heavy atom. The van der Waals surface area contributed by atoms with Gasteiger partial charge in [0.15, 0.2) is 53.2 Å². The molecule has 1 amide bonds. The minimum Gasteiger partial charge on any atom is -0.394 e. The normalized spacial score (nSPS) is 27.5. The van der Waals surface area contributed by atoms with E-state index in [2.05, 4.69) is 35.2 Å². The van der Waals surface area contributed by atoms with Crippen LogP contribution in [0.3, 0.4) is 0 Å². The van der Waals surface area contributed by atoms with Crippen molar-refractivity contribution in [3.05, 3.63) is 61.2 Å². The molecule has 0 radical (unpaired) electrons. The Bertz CT molecular complexity index is 1830. The molecular weight excluding hydrogens is 614 g/mol. The smallest absolute Gasteiger partial charge is 0.256 e. The molecule has 7 rings (SSSR count). The molecule has 1 aromatic carbocycles. The molecular formula is C27H28F2N10O7. The van der Waals surface area contributed by atoms with Crippen LogP contribution in [0.1, 0.15) is 22.8 Å². The number of alkyl halides is 2. The maximum absolute atomic E-state index is 14.4. The summed E-state index contributed by atoms with van der Waals surface area (Å²) in [6.45, 7) is -0.986. The Hall–Kier alpha value is -4.79. The molecule has 0 bridgehead atoms. The number of nitrogens with zero attached hydrogens (tertiary/aromatic N) is 8. The number of hydrogen-bond acceptors (Lipinski definition) is 14. The Balaban J connectivity index is 0.000000172. The number of nitrogens with two attached hydrogens (primary N) is 1. The predicted molar refractivity (Wildman–Crippen MR) is 153 cm³/mol. The van der Waals surface area contributed by atoms with Gasteiger partial charge in [-0.15, -0.1) is 0 Å². The van der Waals surface area contributed by atoms with Crippen molar-refractivity contribution in [2.75, 3.05) is 24.3 Å². The van der Waals surface area contributed by atoms with Crippen molar-refractivity contribution in [2.45, 2.75) is 49.2 Å². The first-order chi connectivity index (χ1) is 22.2. The summed E-state index contributed by atoms with van der Waals surface area (Å²) >= 11 is 0. The molecule has 17 nitrogen and oxygen atoms in total. The number of aliphatic hydroxyl groups excluding tert-OH is 4. The average molecular weight is 643 g/mol. The van der Waals surface area contributed by atoms with E-state index in [1.165, 1.54) is 34.4 Å². The summed E-state index contributed by atoms with van der Waals surface area (Å²) in [5.74, 6) is -0.0296. The summed E-state index contributed by atoms with van der Waals surface area (Å²) in [7, 11) is 0. The molecule has 0 unspecified atom stereocenters. The molecule has 242 valence electrons. The first-order valence-corrected chi connectivity index (χ1v) is 13.9. The predicted octanol–water partition coefficient (Wildman–Crippen LogP) is -0.335. The molecule has 2 aliphatic heterocycles. The van der Waals surface area contributed by atoms with Gasteiger partial charge in [-0.3, -0.25) is 13.9 Å². The quantitative estimate of drug-likeness (QED) is 0.139. The maximum atomic E-state index is 14.4. The number of carbonyl (C=O) groups is 1. The number of imidazole rings is 2. The van der Waals surface area contributed by atoms with E-state index in [4.69, 9.17) is 20.3 Å². The van der Waals surface area contributed by atoms with E-state index in [9.17, 15) is 28.9 Å². The topological polar surface area (TPSA) is 242 Å². The lowest BCUT2D eigenvalue weighted by molar-refractivity contribution is -0.0459. The van der Waals surface area contributed by atoms with Gasteiger partial charge in [0.1, 0.15) is 42.6 Å². The molecule has 4 aromatic heterocycles. The second kappa shape index (κ2) is 12.9. The third kappa shape index (κ3) is 5.59. The number of aromatic nitrogens is 8. The fourth-order valence-electron chi connectivity index (χ4n) is 5.11. The lowest BCUT2D eigenvalue weighted by atomic mass is 10.1. The number of nitrogens with one attached hydrogen (secondary N) is 1. The summed E-state index contributed by atoms with van der Waals surface area (Å²) < 4.78 is 41.7. The largest absolute Gasteiger partial charge is 0.394 e. The zero-order chi connectivity index (χ0) is 32.5. The van der Waals surface area contributed by atoms with E-state index < -0.39 is 62.4 Å². The van der Waals surface area contributed by atoms with Gasteiger partial charge in [-0.1, -0.05) is 18.2 Å². The van der Waals surface area contributed by atoms with Gasteiger partial charge in [0.2, 0.25) is 0 Å². The number of hydrogen-bond donors (Lipinski definition) is 6. The van der Waals surface area contributed by atoms with Gasteiger partial charge in [-0.05, 0) is 12.1 Å². The fraction of sp³-hybridized carbons (Fsp3) is 0.370. The average Bonchev–Trinajstić information content (AvgIpc) is 3.83. The van der Waals surface area contributed by atoms with Gasteiger partial charge < -0.3 is 41.0 Å². The zero-order valence-electron chi connectivity index (χ0n) is 23.7. The highest BCUT2D eigenvalue weighted by atomic mass is 19.1. The van der Waals surface area contributed by atoms with Gasteiger partial charge in [0, 0.05) is 5.56 Å². The first-order valence-electron chi connectivity index (χ1n) is 13.9. The second-order valence-electron chi connectivity index (χ2n) is 10.3. The summed E-state index contributed by atoms with van der Waals surface area (Å²) in [6, 6.07) is 8.58. The summed E-state index contributed by atoms with van der Waals surface area (Å²) in [5, 5.41) is 40.3. The number of nitrogen functional groups attached to an aromatic ring is 1. The van der Waals surface area contributed by atoms with Gasteiger partial charge in [0.25, 0.3) is 5.91 Å². The molecule has 2 saturated heterocycles. The van der Waals surface area contributed by atoms with Crippen LogP contribution in [0.25, 0.3) is 22.3 Å². The van der Waals surface area contributed by atoms with E-state index >= 15 is 0 Å². The van der Waals surface area contributed by atoms with Gasteiger partial charge in [-0.25, -0.2) is 38.7 Å². The Labute approximate surface area is 257 Å². The summed E-state index contributed by atoms with van der Waals surface area (Å²) in [4.78, 5) is 36.4. The molecule has 0 spiro atoms. The minimum absolute atomic E-state index is 0.167. The van der Waals surface area contributed by atoms with Crippen LogP contribution < -0.4 is 11.1 Å². The lowest BCUT2D eigenvalue weighted by Gasteiger charge is -2.15. The van der Waals surface area contributed by atoms with Crippen molar-refractivity contribution in [1.29, 1.82) is 0 Å². The number of benzene rings is 1. The maximum Gasteiger partial charge on any atom is 0.256 e. The highest BCUT2D eigenvalue weighted by Crippen LogP contribution is 2.35. The number of fused-ring (bicyclic) bond motifs is 2. The van der Waals surface area contributed by atoms with Crippen molar-refractivity contribution in [3.8, 4) is 0 Å². The van der Waals surface area contributed by atoms with Crippen LogP contribution in [0, 0.1) is 0 Å². The molecule has 2 fully saturated rings. The molecule has 6 heterocycles. The molecule has 7 N–H and O–H groups in total. The van der Waals surface area contributed by atoms with Gasteiger partial charge >= 0.3 is 0 Å². The highest BCUT2D eigenvalue weighted by Gasteiger charge is 2.46. The molecule has 0 aliphatic carbocycles. The lowest BCUT2D eigenvalue weighted by Crippen LogP contribution is -2.30. The van der Waals surface area contributed by atoms with Gasteiger partial charge in [-0.2, -0.15) is 0 Å². The Morgan fingerprint density at radius 3 is 1.87 bits per heavy atom. The number of anilines is 2. The van der Waals surface area contributed by atoms with Crippen molar-refractivity contribution in [2.24, 2.45) is 0 Å². The van der Waals surface area contributed by atoms with Crippen molar-refractivity contribution >= 4 is 39.9 Å². The molecule has 46 heavy (non-hydrogen) atoms. The third-order valence-corrected chi connectivity index (χ3v) is 7.51. The van der Waals surface area contributed by atoms with Crippen LogP contribution >= 0.6 is 0 Å². The minimum atomic E-state index is -1.77. The van der Waals surface area contributed by atoms with Crippen LogP contribution in [0.5, 0.6) is 0 Å². The fourth-order valence-corrected chi connectivity index (χ4v) is 5.11. The van der Waals surface area contributed by atoms with E-state index in [-0.39, 0.29) is 28.7 Å². The van der Waals surface area contributed by atoms with Crippen LogP contribution in [0.4, 0.5) is 20.4 Å². The molecule has 2 aliphatic rings. The SMILES string of the molecule is Nc1ncnc2c1ncn2[C@@H]1O[C@H](CO)[C@@H](O)[C@H]1F.O=C(Nc1ncnc2c1ncn2[C@@H]1O[C@H](CO)[C@@H](O)[C@H]1F)c1ccccc1. The van der Waals surface area contributed by atoms with E-state index in [0.29, 0.717) is 16.7 Å². The number of carbonyl (C=O) groups excluding carboxylic acids is 1. The van der Waals surface area contributed by atoms with Gasteiger partial charge in [0.05, 0.1) is 25.9 Å². The third-order valence-electron chi connectivity index (χ3n) is 7.51. The monoisotopic (exact) mass is 642 g/mol. The van der Waals surface area contributed by atoms with Crippen molar-refractivity contribution in [1.82, 2.24) is 39.0 Å². The number of halogens is 2. The van der Waals surface area contributed by atoms with E-state index in [0.717, 1.165) is 0 Å². The standard InChI is InChI=1S/C17H16FN5O4.C10H12FN5O3/c18-11-13(25)10(6-24)27-17(11)23-8-21-12-14(19-7-20-15(12)23)22-16(26)9-4-2-1-3-5-9;11-5-7(18)4(1-17)19-10(5)16-3-15-6-8(12)13-2-14-9(6)16/h1-5,7-8,10-11,13,17,24-25H,6H2,(H,19,20,22,26);2-5,7,10,17-18H,1H2,(H2,12,13,14)/t10-,11-,13-,17-;4-,5-,7-,10-/m11/s1. The molecule has 8 atom stereocenters. The molecule has 19 heteroatoms. The van der Waals surface area contributed by atoms with E-state index in [1.54, 1.807) is 30.3 Å². The Kier molecular flexibility index (Phi) is 8.75. The van der Waals surface area contributed by atoms with Crippen LogP contribution in [-0.4, -0.2) is 115 Å². The van der Waals surface area contributed by atoms with Crippen molar-refractivity contribution in [3.63, 3.8) is 0 Å². The first kappa shape index (κ1) is 31.2. The molecule has 0 saturated carbocycles. The second-order valence-corrected chi connectivity index (χ2v) is 10.3. The zero-order valence-corrected chi connectivity index (χ0v) is 23.7. The molecule has 5 aromatic rings. The van der Waals surface area contributed by atoms with Crippen LogP contribution in [0.2, 0.25) is 0 Å². The number of aliphatic hydroxyl groups is 4. The number of amides is 1. The Morgan fingerprint density at radius 1 is 0.804 bits per heavy atom. The number of rotatable bonds is 6. The van der Waals surface area contributed by atoms with Crippen LogP contribution in [0.15, 0.2) is 55.6 Å². The van der Waals surface area contributed by atoms with E-state index in [1.807, 2.05) is 0 Å².